The lowest BCUT2D eigenvalue weighted by molar-refractivity contribution is -0.143. The number of aromatic hydroxyl groups is 2. The van der Waals surface area contributed by atoms with Crippen LogP contribution < -0.4 is 31.9 Å². The first kappa shape index (κ1) is 51.2. The lowest BCUT2D eigenvalue weighted by Gasteiger charge is -2.21. The van der Waals surface area contributed by atoms with Crippen molar-refractivity contribution >= 4 is 91.8 Å². The van der Waals surface area contributed by atoms with Gasteiger partial charge in [0.25, 0.3) is 17.7 Å². The molecule has 2 atom stereocenters. The van der Waals surface area contributed by atoms with Gasteiger partial charge in [-0.25, -0.2) is 24.4 Å². The zero-order chi connectivity index (χ0) is 48.4. The van der Waals surface area contributed by atoms with Gasteiger partial charge in [-0.2, -0.15) is 0 Å². The van der Waals surface area contributed by atoms with Crippen LogP contribution in [0.4, 0.5) is 15.1 Å². The number of rotatable bonds is 17. The van der Waals surface area contributed by atoms with E-state index >= 15 is 0 Å². The standard InChI is InChI=1S/C21H26N4O7S.C21H20N4O6S2/c1-21(2,3)32-20(30)23-10-14(18(29)31-4)24-17(28)15-11-22-19(33-15)25-16(27)9-12-6-5-7-13(26)8-12;1-31-20(30)14(10-22-18(28)15-6-3-7-32-15)24-19(29)16-11-23-21(33-16)25-17(27)9-12-4-2-5-13(26)8-12/h5-8,11,14,26H,9-10H2,1-4H3,(H,23,30)(H,24,28)(H,22,25,27);2-8,11,14,26H,9-10H2,1H3,(H,22,28)(H,24,29)(H,23,25,27)/t2*14-/m00/s1. The van der Waals surface area contributed by atoms with E-state index in [1.54, 1.807) is 62.5 Å². The molecule has 0 aliphatic heterocycles. The second-order valence-electron chi connectivity index (χ2n) is 14.5. The van der Waals surface area contributed by atoms with E-state index in [1.165, 1.54) is 55.1 Å². The molecule has 2 aromatic carbocycles. The minimum absolute atomic E-state index is 0.0102. The summed E-state index contributed by atoms with van der Waals surface area (Å²) in [6, 6.07) is 13.7. The van der Waals surface area contributed by atoms with Gasteiger partial charge in [0.2, 0.25) is 11.8 Å². The van der Waals surface area contributed by atoms with Gasteiger partial charge >= 0.3 is 18.0 Å². The Morgan fingerprint density at radius 2 is 1.11 bits per heavy atom. The average Bonchev–Trinajstić information content (AvgIpc) is 4.06. The number of amides is 6. The number of esters is 2. The fourth-order valence-corrected chi connectivity index (χ4v) is 7.33. The maximum absolute atomic E-state index is 12.6. The lowest BCUT2D eigenvalue weighted by atomic mass is 10.1. The first-order valence-corrected chi connectivity index (χ1v) is 22.0. The number of phenols is 2. The molecule has 0 saturated carbocycles. The van der Waals surface area contributed by atoms with Gasteiger partial charge in [-0.3, -0.25) is 24.0 Å². The molecule has 24 heteroatoms. The number of carbonyl (C=O) groups excluding carboxylic acids is 8. The molecule has 0 fully saturated rings. The number of thiazole rings is 2. The van der Waals surface area contributed by atoms with Crippen molar-refractivity contribution in [1.82, 2.24) is 31.2 Å². The summed E-state index contributed by atoms with van der Waals surface area (Å²) in [6.45, 7) is 4.66. The monoisotopic (exact) mass is 966 g/mol. The van der Waals surface area contributed by atoms with Crippen LogP contribution in [-0.2, 0) is 46.2 Å². The van der Waals surface area contributed by atoms with Crippen LogP contribution in [0.1, 0.15) is 60.9 Å². The topological polar surface area (TPSA) is 303 Å². The van der Waals surface area contributed by atoms with Gasteiger partial charge in [0.1, 0.15) is 38.9 Å². The number of nitrogens with zero attached hydrogens (tertiary/aromatic N) is 2. The summed E-state index contributed by atoms with van der Waals surface area (Å²) < 4.78 is 14.5. The minimum atomic E-state index is -1.17. The third kappa shape index (κ3) is 17.3. The molecule has 0 aliphatic carbocycles. The number of anilines is 2. The van der Waals surface area contributed by atoms with E-state index in [2.05, 4.69) is 46.6 Å². The molecule has 5 rings (SSSR count). The molecule has 6 amide bonds. The number of benzene rings is 2. The predicted octanol–water partition coefficient (Wildman–Crippen LogP) is 3.62. The third-order valence-electron chi connectivity index (χ3n) is 8.15. The number of hydrogen-bond donors (Lipinski definition) is 8. The van der Waals surface area contributed by atoms with Crippen LogP contribution in [0.15, 0.2) is 78.4 Å². The molecule has 3 aromatic heterocycles. The van der Waals surface area contributed by atoms with Crippen molar-refractivity contribution in [2.45, 2.75) is 51.3 Å². The van der Waals surface area contributed by atoms with Gasteiger partial charge in [0, 0.05) is 6.54 Å². The predicted molar refractivity (Wildman–Crippen MR) is 243 cm³/mol. The van der Waals surface area contributed by atoms with Crippen molar-refractivity contribution in [3.8, 4) is 11.5 Å². The molecule has 0 saturated heterocycles. The molecule has 21 nitrogen and oxygen atoms in total. The molecular weight excluding hydrogens is 921 g/mol. The summed E-state index contributed by atoms with van der Waals surface area (Å²) in [5.41, 5.74) is 0.506. The molecule has 8 N–H and O–H groups in total. The highest BCUT2D eigenvalue weighted by Gasteiger charge is 2.27. The van der Waals surface area contributed by atoms with E-state index in [1.807, 2.05) is 0 Å². The maximum Gasteiger partial charge on any atom is 0.407 e. The van der Waals surface area contributed by atoms with Crippen LogP contribution >= 0.6 is 34.0 Å². The SMILES string of the molecule is COC(=O)[C@H](CNC(=O)OC(C)(C)C)NC(=O)c1cnc(NC(=O)Cc2cccc(O)c2)s1.COC(=O)[C@H](CNC(=O)c1cccs1)NC(=O)c1cnc(NC(=O)Cc2cccc(O)c2)s1. The smallest absolute Gasteiger partial charge is 0.407 e. The zero-order valence-corrected chi connectivity index (χ0v) is 38.4. The summed E-state index contributed by atoms with van der Waals surface area (Å²) in [4.78, 5) is 106. The fourth-order valence-electron chi connectivity index (χ4n) is 5.22. The van der Waals surface area contributed by atoms with Crippen LogP contribution in [-0.4, -0.2) is 113 Å². The van der Waals surface area contributed by atoms with E-state index < -0.39 is 47.5 Å². The number of alkyl carbamates (subject to hydrolysis) is 1. The van der Waals surface area contributed by atoms with Gasteiger partial charge in [0.05, 0.1) is 50.9 Å². The molecule has 5 aromatic rings. The van der Waals surface area contributed by atoms with Gasteiger partial charge in [0.15, 0.2) is 10.3 Å². The Morgan fingerprint density at radius 1 is 0.636 bits per heavy atom. The van der Waals surface area contributed by atoms with Crippen LogP contribution in [0.2, 0.25) is 0 Å². The zero-order valence-electron chi connectivity index (χ0n) is 36.0. The first-order chi connectivity index (χ1) is 31.3. The van der Waals surface area contributed by atoms with Gasteiger partial charge in [-0.15, -0.1) is 11.3 Å². The van der Waals surface area contributed by atoms with Crippen molar-refractivity contribution < 1.29 is 62.8 Å². The van der Waals surface area contributed by atoms with E-state index in [9.17, 15) is 48.6 Å². The molecule has 0 bridgehead atoms. The second-order valence-corrected chi connectivity index (χ2v) is 17.5. The summed E-state index contributed by atoms with van der Waals surface area (Å²) in [5, 5.41) is 36.2. The molecule has 0 radical (unpaired) electrons. The van der Waals surface area contributed by atoms with Crippen LogP contribution in [0.5, 0.6) is 11.5 Å². The number of carbonyl (C=O) groups is 8. The van der Waals surface area contributed by atoms with Gasteiger partial charge in [-0.1, -0.05) is 53.0 Å². The van der Waals surface area contributed by atoms with Crippen LogP contribution in [0.3, 0.4) is 0 Å². The summed E-state index contributed by atoms with van der Waals surface area (Å²) in [5.74, 6) is -3.74. The van der Waals surface area contributed by atoms with E-state index in [-0.39, 0.29) is 75.2 Å². The van der Waals surface area contributed by atoms with Crippen molar-refractivity contribution in [2.24, 2.45) is 0 Å². The lowest BCUT2D eigenvalue weighted by Crippen LogP contribution is -2.49. The second kappa shape index (κ2) is 24.6. The molecule has 0 unspecified atom stereocenters. The Kier molecular flexibility index (Phi) is 19.1. The van der Waals surface area contributed by atoms with Crippen molar-refractivity contribution in [1.29, 1.82) is 0 Å². The normalized spacial score (nSPS) is 11.5. The summed E-state index contributed by atoms with van der Waals surface area (Å²) >= 11 is 3.08. The quantitative estimate of drug-likeness (QED) is 0.0488. The Balaban J connectivity index is 0.000000289. The number of nitrogens with one attached hydrogen (secondary N) is 6. The highest BCUT2D eigenvalue weighted by Crippen LogP contribution is 2.21. The molecule has 66 heavy (non-hydrogen) atoms. The first-order valence-electron chi connectivity index (χ1n) is 19.5. The molecule has 350 valence electrons. The molecule has 0 aliphatic rings. The number of hydrogen-bond acceptors (Lipinski definition) is 18. The number of ether oxygens (including phenoxy) is 3. The number of methoxy groups -OCH3 is 2. The Morgan fingerprint density at radius 3 is 1.52 bits per heavy atom. The number of thiophene rings is 1. The summed E-state index contributed by atoms with van der Waals surface area (Å²) in [7, 11) is 2.33. The summed E-state index contributed by atoms with van der Waals surface area (Å²) in [6.07, 6.45) is 1.79. The number of aromatic nitrogens is 2. The molecule has 0 spiro atoms. The van der Waals surface area contributed by atoms with Crippen LogP contribution in [0.25, 0.3) is 0 Å². The highest BCUT2D eigenvalue weighted by atomic mass is 32.1. The van der Waals surface area contributed by atoms with E-state index in [0.29, 0.717) is 16.0 Å². The van der Waals surface area contributed by atoms with Gasteiger partial charge in [-0.05, 0) is 67.6 Å². The highest BCUT2D eigenvalue weighted by molar-refractivity contribution is 7.18. The minimum Gasteiger partial charge on any atom is -0.508 e. The maximum atomic E-state index is 12.6. The molecular formula is C42H46N8O13S3. The van der Waals surface area contributed by atoms with Crippen molar-refractivity contribution in [3.05, 3.63) is 104 Å². The largest absolute Gasteiger partial charge is 0.508 e. The van der Waals surface area contributed by atoms with Crippen molar-refractivity contribution in [3.63, 3.8) is 0 Å². The van der Waals surface area contributed by atoms with E-state index in [0.717, 1.165) is 29.8 Å². The Labute approximate surface area is 389 Å². The van der Waals surface area contributed by atoms with Gasteiger partial charge < -0.3 is 56.3 Å². The number of phenolic OH excluding ortho intramolecular Hbond substituents is 2. The van der Waals surface area contributed by atoms with Crippen LogP contribution in [0, 0.1) is 0 Å². The molecule has 3 heterocycles. The third-order valence-corrected chi connectivity index (χ3v) is 10.8. The fraction of sp³-hybridized carbons (Fsp3) is 0.286. The Hall–Kier alpha value is -7.44. The Bertz CT molecular complexity index is 2500. The van der Waals surface area contributed by atoms with E-state index in [4.69, 9.17) is 9.47 Å². The average molecular weight is 967 g/mol. The van der Waals surface area contributed by atoms with Crippen molar-refractivity contribution in [2.75, 3.05) is 37.9 Å².